The Morgan fingerprint density at radius 1 is 1.27 bits per heavy atom. The molecule has 0 spiro atoms. The first kappa shape index (κ1) is 10.9. The second kappa shape index (κ2) is 4.69. The highest BCUT2D eigenvalue weighted by molar-refractivity contribution is 7.85. The molecule has 0 aromatic rings. The minimum Gasteiger partial charge on any atom is -0.340 e. The first-order valence-electron chi connectivity index (χ1n) is 3.66. The second-order valence-electron chi connectivity index (χ2n) is 2.95. The van der Waals surface area contributed by atoms with E-state index in [1.54, 1.807) is 0 Å². The molecule has 0 amide bonds. The molecule has 0 bridgehead atoms. The van der Waals surface area contributed by atoms with Crippen LogP contribution in [0.1, 0.15) is 12.8 Å². The van der Waals surface area contributed by atoms with Crippen LogP contribution in [0.4, 0.5) is 0 Å². The van der Waals surface area contributed by atoms with E-state index in [-0.39, 0.29) is 5.75 Å². The van der Waals surface area contributed by atoms with Crippen molar-refractivity contribution in [3.63, 3.8) is 0 Å². The Labute approximate surface area is 68.0 Å². The van der Waals surface area contributed by atoms with Crippen LogP contribution >= 0.6 is 0 Å². The van der Waals surface area contributed by atoms with Crippen molar-refractivity contribution in [1.82, 2.24) is 0 Å². The third kappa shape index (κ3) is 9.87. The van der Waals surface area contributed by atoms with Gasteiger partial charge in [0.1, 0.15) is 0 Å². The summed E-state index contributed by atoms with van der Waals surface area (Å²) < 4.78 is 28.8. The maximum absolute atomic E-state index is 10.2. The lowest BCUT2D eigenvalue weighted by Gasteiger charge is -2.05. The summed E-state index contributed by atoms with van der Waals surface area (Å²) in [4.78, 5) is 1.29. The molecule has 0 unspecified atom stereocenters. The summed E-state index contributed by atoms with van der Waals surface area (Å²) >= 11 is 0. The summed E-state index contributed by atoms with van der Waals surface area (Å²) in [6.07, 6.45) is 1.38. The van der Waals surface area contributed by atoms with E-state index < -0.39 is 10.1 Å². The van der Waals surface area contributed by atoms with Gasteiger partial charge in [-0.15, -0.1) is 0 Å². The summed E-state index contributed by atoms with van der Waals surface area (Å²) in [5.41, 5.74) is 0. The maximum atomic E-state index is 10.2. The third-order valence-electron chi connectivity index (χ3n) is 1.33. The molecule has 0 saturated heterocycles. The van der Waals surface area contributed by atoms with Crippen molar-refractivity contribution < 1.29 is 17.9 Å². The van der Waals surface area contributed by atoms with Gasteiger partial charge in [0, 0.05) is 0 Å². The fraction of sp³-hybridized carbons (Fsp3) is 1.00. The highest BCUT2D eigenvalue weighted by Crippen LogP contribution is 1.90. The van der Waals surface area contributed by atoms with Crippen molar-refractivity contribution in [3.8, 4) is 0 Å². The number of quaternary nitrogens is 1. The third-order valence-corrected chi connectivity index (χ3v) is 2.13. The molecule has 0 saturated carbocycles. The molecule has 68 valence electrons. The normalized spacial score (nSPS) is 12.4. The second-order valence-corrected chi connectivity index (χ2v) is 4.52. The molecule has 11 heavy (non-hydrogen) atoms. The van der Waals surface area contributed by atoms with Crippen LogP contribution in [0.2, 0.25) is 0 Å². The Morgan fingerprint density at radius 2 is 1.82 bits per heavy atom. The van der Waals surface area contributed by atoms with Crippen LogP contribution in [0.5, 0.6) is 0 Å². The van der Waals surface area contributed by atoms with Crippen molar-refractivity contribution >= 4 is 10.1 Å². The van der Waals surface area contributed by atoms with Gasteiger partial charge in [-0.1, -0.05) is 0 Å². The highest BCUT2D eigenvalue weighted by Gasteiger charge is 2.03. The van der Waals surface area contributed by atoms with Gasteiger partial charge in [-0.2, -0.15) is 8.42 Å². The van der Waals surface area contributed by atoms with Crippen LogP contribution in [0.25, 0.3) is 0 Å². The minimum atomic E-state index is -3.73. The molecule has 5 heteroatoms. The lowest BCUT2D eigenvalue weighted by atomic mass is 10.3. The predicted molar refractivity (Wildman–Crippen MR) is 43.3 cm³/mol. The molecule has 2 N–H and O–H groups in total. The monoisotopic (exact) mass is 182 g/mol. The first-order chi connectivity index (χ1) is 4.92. The van der Waals surface area contributed by atoms with Crippen molar-refractivity contribution in [1.29, 1.82) is 0 Å². The lowest BCUT2D eigenvalue weighted by molar-refractivity contribution is -0.858. The van der Waals surface area contributed by atoms with E-state index in [4.69, 9.17) is 4.55 Å². The summed E-state index contributed by atoms with van der Waals surface area (Å²) in [5, 5.41) is 0. The van der Waals surface area contributed by atoms with Crippen molar-refractivity contribution in [3.05, 3.63) is 0 Å². The molecule has 0 aliphatic carbocycles. The van der Waals surface area contributed by atoms with Gasteiger partial charge < -0.3 is 4.90 Å². The molecule has 0 atom stereocenters. The molecule has 0 aliphatic heterocycles. The molecule has 0 radical (unpaired) electrons. The molecular formula is C6H16NO3S+. The molecule has 0 rings (SSSR count). The van der Waals surface area contributed by atoms with Crippen molar-refractivity contribution in [2.45, 2.75) is 12.8 Å². The molecular weight excluding hydrogens is 166 g/mol. The smallest absolute Gasteiger partial charge is 0.264 e. The number of hydrogen-bond donors (Lipinski definition) is 2. The molecule has 0 fully saturated rings. The van der Waals surface area contributed by atoms with E-state index >= 15 is 0 Å². The predicted octanol–water partition coefficient (Wildman–Crippen LogP) is -1.20. The van der Waals surface area contributed by atoms with E-state index in [1.165, 1.54) is 4.90 Å². The van der Waals surface area contributed by atoms with Gasteiger partial charge in [-0.25, -0.2) is 0 Å². The molecule has 0 aromatic carbocycles. The van der Waals surface area contributed by atoms with Crippen molar-refractivity contribution in [2.24, 2.45) is 0 Å². The van der Waals surface area contributed by atoms with E-state index in [2.05, 4.69) is 0 Å². The van der Waals surface area contributed by atoms with Gasteiger partial charge >= 0.3 is 0 Å². The van der Waals surface area contributed by atoms with Gasteiger partial charge in [0.05, 0.1) is 26.4 Å². The Kier molecular flexibility index (Phi) is 4.63. The zero-order valence-electron chi connectivity index (χ0n) is 7.00. The van der Waals surface area contributed by atoms with Crippen molar-refractivity contribution in [2.75, 3.05) is 26.4 Å². The summed E-state index contributed by atoms with van der Waals surface area (Å²) in [7, 11) is 0.283. The highest BCUT2D eigenvalue weighted by atomic mass is 32.2. The standard InChI is InChI=1S/C6H15NO3S/c1-7(2)5-3-4-6-11(8,9)10/h3-6H2,1-2H3,(H,8,9,10)/p+1. The molecule has 0 aliphatic rings. The SMILES string of the molecule is C[NH+](C)CCCCS(=O)(=O)O. The lowest BCUT2D eigenvalue weighted by Crippen LogP contribution is -3.05. The van der Waals surface area contributed by atoms with Gasteiger partial charge in [0.25, 0.3) is 10.1 Å². The van der Waals surface area contributed by atoms with Gasteiger partial charge in [0.2, 0.25) is 0 Å². The van der Waals surface area contributed by atoms with E-state index in [0.29, 0.717) is 6.42 Å². The first-order valence-corrected chi connectivity index (χ1v) is 5.27. The fourth-order valence-electron chi connectivity index (χ4n) is 0.763. The number of nitrogens with one attached hydrogen (secondary N) is 1. The Hall–Kier alpha value is -0.130. The van der Waals surface area contributed by atoms with Crippen LogP contribution in [0.3, 0.4) is 0 Å². The molecule has 0 heterocycles. The van der Waals surface area contributed by atoms with Crippen LogP contribution < -0.4 is 4.90 Å². The van der Waals surface area contributed by atoms with Crippen LogP contribution in [0.15, 0.2) is 0 Å². The Bertz CT molecular complexity index is 186. The summed E-state index contributed by atoms with van der Waals surface area (Å²) in [6, 6.07) is 0. The van der Waals surface area contributed by atoms with E-state index in [0.717, 1.165) is 13.0 Å². The molecule has 0 aromatic heterocycles. The Balaban J connectivity index is 3.30. The molecule has 4 nitrogen and oxygen atoms in total. The van der Waals surface area contributed by atoms with Crippen LogP contribution in [0, 0.1) is 0 Å². The van der Waals surface area contributed by atoms with E-state index in [9.17, 15) is 8.42 Å². The zero-order chi connectivity index (χ0) is 8.91. The number of hydrogen-bond acceptors (Lipinski definition) is 2. The summed E-state index contributed by atoms with van der Waals surface area (Å²) in [5.74, 6) is -0.111. The fourth-order valence-corrected chi connectivity index (χ4v) is 1.33. The van der Waals surface area contributed by atoms with Gasteiger partial charge in [-0.3, -0.25) is 4.55 Å². The number of unbranched alkanes of at least 4 members (excludes halogenated alkanes) is 1. The average molecular weight is 182 g/mol. The number of rotatable bonds is 5. The zero-order valence-corrected chi connectivity index (χ0v) is 7.82. The summed E-state index contributed by atoms with van der Waals surface area (Å²) in [6.45, 7) is 0.940. The minimum absolute atomic E-state index is 0.111. The van der Waals surface area contributed by atoms with E-state index in [1.807, 2.05) is 14.1 Å². The topological polar surface area (TPSA) is 58.8 Å². The van der Waals surface area contributed by atoms with Crippen LogP contribution in [-0.2, 0) is 10.1 Å². The largest absolute Gasteiger partial charge is 0.340 e. The van der Waals surface area contributed by atoms with Gasteiger partial charge in [-0.05, 0) is 12.8 Å². The van der Waals surface area contributed by atoms with Gasteiger partial charge in [0.15, 0.2) is 0 Å². The Morgan fingerprint density at radius 3 is 2.18 bits per heavy atom. The maximum Gasteiger partial charge on any atom is 0.264 e. The van der Waals surface area contributed by atoms with Crippen LogP contribution in [-0.4, -0.2) is 39.4 Å². The average Bonchev–Trinajstić information content (AvgIpc) is 1.78. The quantitative estimate of drug-likeness (QED) is 0.415.